The molecule has 3 heterocycles. The number of carbonyl (C=O) groups is 4. The molecule has 3 amide bonds. The minimum atomic E-state index is -4.22. The van der Waals surface area contributed by atoms with Gasteiger partial charge in [0.25, 0.3) is 38.0 Å². The molecule has 0 saturated carbocycles. The number of amides is 3. The molecule has 3 aliphatic heterocycles. The predicted octanol–water partition coefficient (Wildman–Crippen LogP) is 1.41. The van der Waals surface area contributed by atoms with Gasteiger partial charge >= 0.3 is 13.1 Å². The zero-order chi connectivity index (χ0) is 45.5. The Bertz CT molecular complexity index is 2330. The summed E-state index contributed by atoms with van der Waals surface area (Å²) in [4.78, 5) is 66.2. The fraction of sp³-hybridized carbons (Fsp3) is 0.410. The van der Waals surface area contributed by atoms with Gasteiger partial charge in [-0.3, -0.25) is 33.3 Å². The first kappa shape index (κ1) is 48.4. The number of nitrogens with one attached hydrogen (secondary N) is 1. The van der Waals surface area contributed by atoms with Crippen molar-refractivity contribution in [2.45, 2.75) is 58.8 Å². The number of hydrogen-bond donors (Lipinski definition) is 5. The maximum atomic E-state index is 13.6. The maximum Gasteiger partial charge on any atom is 0.488 e. The number of imide groups is 1. The molecular formula is C39H50BN5O14S2. The molecule has 0 spiro atoms. The van der Waals surface area contributed by atoms with Crippen LogP contribution in [0.3, 0.4) is 0 Å². The quantitative estimate of drug-likeness (QED) is 0.0250. The van der Waals surface area contributed by atoms with Crippen LogP contribution in [0.1, 0.15) is 58.9 Å². The number of hydrogen-bond acceptors (Lipinski definition) is 15. The summed E-state index contributed by atoms with van der Waals surface area (Å²) < 4.78 is 63.7. The fourth-order valence-electron chi connectivity index (χ4n) is 6.75. The molecule has 0 unspecified atom stereocenters. The van der Waals surface area contributed by atoms with Gasteiger partial charge in [-0.25, -0.2) is 9.86 Å². The summed E-state index contributed by atoms with van der Waals surface area (Å²) in [6.45, 7) is 11.1. The van der Waals surface area contributed by atoms with Gasteiger partial charge in [0, 0.05) is 61.4 Å². The number of rotatable bonds is 19. The molecule has 19 nitrogen and oxygen atoms in total. The number of carbonyl (C=O) groups excluding carboxylic acids is 4. The van der Waals surface area contributed by atoms with Crippen LogP contribution in [0.2, 0.25) is 0 Å². The minimum absolute atomic E-state index is 0.00519. The number of likely N-dealkylation sites (N-methyl/N-ethyl adjacent to an activating group) is 1. The molecule has 61 heavy (non-hydrogen) atoms. The van der Waals surface area contributed by atoms with E-state index in [0.29, 0.717) is 27.5 Å². The first-order valence-electron chi connectivity index (χ1n) is 19.0. The average Bonchev–Trinajstić information content (AvgIpc) is 3.67. The Kier molecular flexibility index (Phi) is 15.6. The average molecular weight is 888 g/mol. The van der Waals surface area contributed by atoms with Crippen LogP contribution in [-0.2, 0) is 54.5 Å². The zero-order valence-corrected chi connectivity index (χ0v) is 36.0. The lowest BCUT2D eigenvalue weighted by atomic mass is 9.75. The van der Waals surface area contributed by atoms with E-state index in [1.807, 2.05) is 38.7 Å². The van der Waals surface area contributed by atoms with Crippen LogP contribution in [0.25, 0.3) is 0 Å². The molecule has 1 aromatic rings. The molecule has 5 N–H and O–H groups in total. The van der Waals surface area contributed by atoms with Gasteiger partial charge < -0.3 is 25.1 Å². The van der Waals surface area contributed by atoms with E-state index in [1.165, 1.54) is 19.3 Å². The van der Waals surface area contributed by atoms with E-state index in [9.17, 15) is 50.6 Å². The van der Waals surface area contributed by atoms with E-state index in [0.717, 1.165) is 22.0 Å². The lowest BCUT2D eigenvalue weighted by Crippen LogP contribution is -2.36. The van der Waals surface area contributed by atoms with Gasteiger partial charge in [-0.2, -0.15) is 16.8 Å². The largest absolute Gasteiger partial charge is 0.488 e. The number of allylic oxidation sites excluding steroid dienone is 7. The standard InChI is InChI=1S/C39H50BN5O14S2/c1-26-29(22-27(24-41-18-10-20-60(52,53)54)37(49)43(6)58-25-36(48)59-45-34(46)16-17-35(45)47)38(2,3)32(42-26)12-8-7-9-13-33-39(4,5)30-23-28(40(50)51)14-15-31(30)44(33)19-11-21-61(55,56)57/h7-9,12-15,22-24,41,50-51H,1,10-11,16-21,25H2,2-6H3,(H,52,53,54)(H,55,56,57)/b9-7+,12-8+,27-24+,29-22+,33-13+. The number of fused-ring (bicyclic) bond motifs is 1. The summed E-state index contributed by atoms with van der Waals surface area (Å²) in [5.41, 5.74) is 2.59. The maximum absolute atomic E-state index is 13.6. The SMILES string of the molecule is C=C1N=C(/C=C/C=C/C=C2/N(CCCS(=O)(=O)O)c3ccc(B(O)O)cc3C2(C)C)C(C)(C)/C1=C/C(=C\NCCCS(=O)(=O)O)C(=O)N(C)OCC(=O)ON1C(=O)CCC1=O. The van der Waals surface area contributed by atoms with E-state index in [4.69, 9.17) is 14.2 Å². The molecule has 4 rings (SSSR count). The van der Waals surface area contributed by atoms with Crippen molar-refractivity contribution >= 4 is 67.9 Å². The van der Waals surface area contributed by atoms with Crippen molar-refractivity contribution in [3.8, 4) is 0 Å². The highest BCUT2D eigenvalue weighted by atomic mass is 32.2. The van der Waals surface area contributed by atoms with Crippen molar-refractivity contribution < 1.29 is 64.8 Å². The van der Waals surface area contributed by atoms with Crippen LogP contribution in [0.15, 0.2) is 95.0 Å². The molecule has 22 heteroatoms. The van der Waals surface area contributed by atoms with Crippen LogP contribution in [0, 0.1) is 5.41 Å². The number of aliphatic imine (C=N–C) groups is 1. The van der Waals surface area contributed by atoms with E-state index in [1.54, 1.807) is 42.5 Å². The van der Waals surface area contributed by atoms with Crippen molar-refractivity contribution in [3.05, 3.63) is 95.5 Å². The van der Waals surface area contributed by atoms with Crippen LogP contribution in [0.4, 0.5) is 5.69 Å². The Morgan fingerprint density at radius 3 is 2.25 bits per heavy atom. The highest BCUT2D eigenvalue weighted by molar-refractivity contribution is 7.86. The van der Waals surface area contributed by atoms with E-state index in [-0.39, 0.29) is 44.3 Å². The zero-order valence-electron chi connectivity index (χ0n) is 34.4. The topological polar surface area (TPSA) is 270 Å². The van der Waals surface area contributed by atoms with E-state index < -0.39 is 80.0 Å². The molecule has 1 aromatic carbocycles. The highest BCUT2D eigenvalue weighted by Gasteiger charge is 2.41. The number of anilines is 1. The number of hydroxylamine groups is 4. The first-order valence-corrected chi connectivity index (χ1v) is 22.2. The second-order valence-electron chi connectivity index (χ2n) is 15.3. The second-order valence-corrected chi connectivity index (χ2v) is 18.4. The van der Waals surface area contributed by atoms with Crippen molar-refractivity contribution in [1.82, 2.24) is 15.4 Å². The van der Waals surface area contributed by atoms with Gasteiger partial charge in [-0.15, -0.1) is 5.06 Å². The number of nitrogens with zero attached hydrogens (tertiary/aromatic N) is 4. The van der Waals surface area contributed by atoms with Crippen LogP contribution in [-0.4, -0.2) is 121 Å². The monoisotopic (exact) mass is 887 g/mol. The third kappa shape index (κ3) is 12.7. The van der Waals surface area contributed by atoms with Gasteiger partial charge in [0.05, 0.1) is 28.5 Å². The highest BCUT2D eigenvalue weighted by Crippen LogP contribution is 2.47. The summed E-state index contributed by atoms with van der Waals surface area (Å²) in [5.74, 6) is -4.23. The predicted molar refractivity (Wildman–Crippen MR) is 225 cm³/mol. The molecule has 0 aliphatic carbocycles. The van der Waals surface area contributed by atoms with Crippen LogP contribution < -0.4 is 15.7 Å². The van der Waals surface area contributed by atoms with E-state index in [2.05, 4.69) is 16.9 Å². The lowest BCUT2D eigenvalue weighted by molar-refractivity contribution is -0.211. The Morgan fingerprint density at radius 2 is 1.62 bits per heavy atom. The van der Waals surface area contributed by atoms with Gasteiger partial charge in [0.2, 0.25) is 0 Å². The second kappa shape index (κ2) is 19.7. The van der Waals surface area contributed by atoms with Crippen LogP contribution >= 0.6 is 0 Å². The third-order valence-electron chi connectivity index (χ3n) is 10.00. The Morgan fingerprint density at radius 1 is 0.984 bits per heavy atom. The van der Waals surface area contributed by atoms with Gasteiger partial charge in [0.1, 0.15) is 0 Å². The molecule has 1 fully saturated rings. The Hall–Kier alpha value is -5.23. The summed E-state index contributed by atoms with van der Waals surface area (Å²) in [5, 5.41) is 23.5. The van der Waals surface area contributed by atoms with Crippen molar-refractivity contribution in [2.24, 2.45) is 10.4 Å². The number of benzene rings is 1. The smallest absolute Gasteiger partial charge is 0.423 e. The van der Waals surface area contributed by atoms with Crippen molar-refractivity contribution in [3.63, 3.8) is 0 Å². The van der Waals surface area contributed by atoms with Gasteiger partial charge in [-0.05, 0) is 53.7 Å². The normalized spacial score (nSPS) is 19.1. The molecular weight excluding hydrogens is 837 g/mol. The summed E-state index contributed by atoms with van der Waals surface area (Å²) >= 11 is 0. The molecule has 0 aromatic heterocycles. The Balaban J connectivity index is 1.53. The van der Waals surface area contributed by atoms with Gasteiger partial charge in [-0.1, -0.05) is 64.6 Å². The fourth-order valence-corrected chi connectivity index (χ4v) is 7.75. The summed E-state index contributed by atoms with van der Waals surface area (Å²) in [7, 11) is -8.88. The molecule has 0 atom stereocenters. The molecule has 330 valence electrons. The van der Waals surface area contributed by atoms with Crippen molar-refractivity contribution in [2.75, 3.05) is 43.1 Å². The third-order valence-corrected chi connectivity index (χ3v) is 11.6. The first-order chi connectivity index (χ1) is 28.3. The summed E-state index contributed by atoms with van der Waals surface area (Å²) in [6.07, 6.45) is 11.6. The van der Waals surface area contributed by atoms with Crippen LogP contribution in [0.5, 0.6) is 0 Å². The summed E-state index contributed by atoms with van der Waals surface area (Å²) in [6, 6.07) is 5.01. The Labute approximate surface area is 355 Å². The molecule has 0 bridgehead atoms. The van der Waals surface area contributed by atoms with E-state index >= 15 is 0 Å². The molecule has 1 saturated heterocycles. The molecule has 3 aliphatic rings. The lowest BCUT2D eigenvalue weighted by Gasteiger charge is -2.27. The minimum Gasteiger partial charge on any atom is -0.423 e. The van der Waals surface area contributed by atoms with Crippen molar-refractivity contribution in [1.29, 1.82) is 0 Å². The van der Waals surface area contributed by atoms with Gasteiger partial charge in [0.15, 0.2) is 6.61 Å². The molecule has 0 radical (unpaired) electrons.